The molecule has 2 aromatic carbocycles. The standard InChI is InChI=1S/C22H22O2S/c1-14-6-8-15(9-7-14)21(23)20-16-10-11-17(12-16)22(20)25-19-5-3-4-18(13-19)24-2/h3-11,13,16-17,20,22H,12H2,1-2H3/t16-,17+,20+,22-/m0/s1. The summed E-state index contributed by atoms with van der Waals surface area (Å²) in [6, 6.07) is 16.1. The van der Waals surface area contributed by atoms with Crippen LogP contribution in [0.5, 0.6) is 5.75 Å². The molecule has 0 N–H and O–H groups in total. The fraction of sp³-hybridized carbons (Fsp3) is 0.318. The number of hydrogen-bond acceptors (Lipinski definition) is 3. The summed E-state index contributed by atoms with van der Waals surface area (Å²) < 4.78 is 5.34. The van der Waals surface area contributed by atoms with E-state index in [2.05, 4.69) is 31.2 Å². The van der Waals surface area contributed by atoms with E-state index in [-0.39, 0.29) is 11.7 Å². The lowest BCUT2D eigenvalue weighted by molar-refractivity contribution is 0.0905. The Bertz CT molecular complexity index is 809. The van der Waals surface area contributed by atoms with Gasteiger partial charge in [0.25, 0.3) is 0 Å². The Kier molecular flexibility index (Phi) is 4.43. The predicted octanol–water partition coefficient (Wildman–Crippen LogP) is 5.17. The predicted molar refractivity (Wildman–Crippen MR) is 102 cm³/mol. The van der Waals surface area contributed by atoms with E-state index in [9.17, 15) is 4.79 Å². The number of allylic oxidation sites excluding steroid dienone is 2. The van der Waals surface area contributed by atoms with E-state index in [0.717, 1.165) is 17.7 Å². The highest BCUT2D eigenvalue weighted by molar-refractivity contribution is 8.00. The molecule has 3 heteroatoms. The zero-order chi connectivity index (χ0) is 17.4. The molecule has 25 heavy (non-hydrogen) atoms. The fourth-order valence-corrected chi connectivity index (χ4v) is 5.53. The van der Waals surface area contributed by atoms with E-state index >= 15 is 0 Å². The number of Topliss-reactive ketones (excluding diaryl/α,β-unsaturated/α-hetero) is 1. The van der Waals surface area contributed by atoms with E-state index in [0.29, 0.717) is 17.1 Å². The molecule has 1 saturated carbocycles. The second-order valence-electron chi connectivity index (χ2n) is 6.97. The summed E-state index contributed by atoms with van der Waals surface area (Å²) in [5, 5.41) is 0.302. The van der Waals surface area contributed by atoms with Crippen LogP contribution in [0.4, 0.5) is 0 Å². The number of carbonyl (C=O) groups excluding carboxylic acids is 1. The molecule has 0 spiro atoms. The van der Waals surface area contributed by atoms with Crippen molar-refractivity contribution in [1.29, 1.82) is 0 Å². The molecule has 0 amide bonds. The summed E-state index contributed by atoms with van der Waals surface area (Å²) in [4.78, 5) is 14.4. The number of aryl methyl sites for hydroxylation is 1. The molecule has 2 nitrogen and oxygen atoms in total. The van der Waals surface area contributed by atoms with Crippen molar-refractivity contribution in [1.82, 2.24) is 0 Å². The van der Waals surface area contributed by atoms with Crippen LogP contribution in [-0.2, 0) is 0 Å². The van der Waals surface area contributed by atoms with Crippen molar-refractivity contribution in [3.05, 3.63) is 71.8 Å². The zero-order valence-electron chi connectivity index (χ0n) is 14.5. The van der Waals surface area contributed by atoms with Gasteiger partial charge in [0.05, 0.1) is 7.11 Å². The van der Waals surface area contributed by atoms with E-state index in [1.165, 1.54) is 10.5 Å². The fourth-order valence-electron chi connectivity index (χ4n) is 4.02. The van der Waals surface area contributed by atoms with Gasteiger partial charge in [-0.2, -0.15) is 0 Å². The van der Waals surface area contributed by atoms with E-state index < -0.39 is 0 Å². The Morgan fingerprint density at radius 1 is 1.08 bits per heavy atom. The highest BCUT2D eigenvalue weighted by Gasteiger charge is 2.48. The van der Waals surface area contributed by atoms with Gasteiger partial charge in [-0.15, -0.1) is 11.8 Å². The number of thioether (sulfide) groups is 1. The average molecular weight is 350 g/mol. The lowest BCUT2D eigenvalue weighted by Gasteiger charge is -2.26. The molecule has 0 unspecified atom stereocenters. The summed E-state index contributed by atoms with van der Waals surface area (Å²) in [5.41, 5.74) is 2.03. The minimum atomic E-state index is 0.0638. The summed E-state index contributed by atoms with van der Waals surface area (Å²) in [6.45, 7) is 2.05. The number of rotatable bonds is 5. The van der Waals surface area contributed by atoms with Crippen LogP contribution in [0.1, 0.15) is 22.3 Å². The second-order valence-corrected chi connectivity index (χ2v) is 8.22. The van der Waals surface area contributed by atoms with Gasteiger partial charge in [-0.3, -0.25) is 4.79 Å². The van der Waals surface area contributed by atoms with Gasteiger partial charge >= 0.3 is 0 Å². The summed E-state index contributed by atoms with van der Waals surface area (Å²) in [5.74, 6) is 2.08. The largest absolute Gasteiger partial charge is 0.497 e. The van der Waals surface area contributed by atoms with Gasteiger partial charge in [0.1, 0.15) is 5.75 Å². The molecule has 2 aliphatic carbocycles. The molecular formula is C22H22O2S. The Hall–Kier alpha value is -2.00. The first-order valence-corrected chi connectivity index (χ1v) is 9.63. The van der Waals surface area contributed by atoms with Crippen LogP contribution < -0.4 is 4.74 Å². The number of ether oxygens (including phenoxy) is 1. The molecule has 0 heterocycles. The van der Waals surface area contributed by atoms with Crippen molar-refractivity contribution < 1.29 is 9.53 Å². The SMILES string of the molecule is COc1cccc(S[C@@H]2[C@@H](C(=O)c3ccc(C)cc3)[C@H]3C=C[C@@H]2C3)c1. The lowest BCUT2D eigenvalue weighted by Crippen LogP contribution is -2.29. The Balaban J connectivity index is 1.60. The van der Waals surface area contributed by atoms with Gasteiger partial charge in [0.2, 0.25) is 0 Å². The van der Waals surface area contributed by atoms with Gasteiger partial charge in [0, 0.05) is 21.6 Å². The third-order valence-electron chi connectivity index (χ3n) is 5.34. The molecule has 4 atom stereocenters. The molecule has 2 aromatic rings. The minimum Gasteiger partial charge on any atom is -0.497 e. The van der Waals surface area contributed by atoms with E-state index in [1.807, 2.05) is 48.2 Å². The molecule has 0 aromatic heterocycles. The third-order valence-corrected chi connectivity index (χ3v) is 6.78. The molecule has 128 valence electrons. The number of benzene rings is 2. The maximum atomic E-state index is 13.2. The number of ketones is 1. The third kappa shape index (κ3) is 3.13. The lowest BCUT2D eigenvalue weighted by atomic mass is 9.86. The van der Waals surface area contributed by atoms with Crippen LogP contribution in [0.2, 0.25) is 0 Å². The van der Waals surface area contributed by atoms with Gasteiger partial charge in [-0.25, -0.2) is 0 Å². The van der Waals surface area contributed by atoms with Crippen molar-refractivity contribution in [3.8, 4) is 5.75 Å². The molecule has 2 aliphatic rings. The number of methoxy groups -OCH3 is 1. The van der Waals surface area contributed by atoms with E-state index in [4.69, 9.17) is 4.74 Å². The van der Waals surface area contributed by atoms with Crippen LogP contribution >= 0.6 is 11.8 Å². The van der Waals surface area contributed by atoms with Crippen LogP contribution in [0.3, 0.4) is 0 Å². The normalized spacial score (nSPS) is 26.8. The highest BCUT2D eigenvalue weighted by atomic mass is 32.2. The van der Waals surface area contributed by atoms with Crippen molar-refractivity contribution in [3.63, 3.8) is 0 Å². The Morgan fingerprint density at radius 3 is 2.60 bits per heavy atom. The zero-order valence-corrected chi connectivity index (χ0v) is 15.3. The molecule has 4 rings (SSSR count). The topological polar surface area (TPSA) is 26.3 Å². The molecule has 0 saturated heterocycles. The maximum Gasteiger partial charge on any atom is 0.167 e. The average Bonchev–Trinajstić information content (AvgIpc) is 3.23. The number of carbonyl (C=O) groups is 1. The van der Waals surface area contributed by atoms with Crippen molar-refractivity contribution >= 4 is 17.5 Å². The molecule has 2 bridgehead atoms. The summed E-state index contributed by atoms with van der Waals surface area (Å²) in [7, 11) is 1.69. The molecule has 1 fully saturated rings. The number of hydrogen-bond donors (Lipinski definition) is 0. The quantitative estimate of drug-likeness (QED) is 0.550. The molecular weight excluding hydrogens is 328 g/mol. The first-order valence-electron chi connectivity index (χ1n) is 8.75. The smallest absolute Gasteiger partial charge is 0.167 e. The Labute approximate surface area is 153 Å². The van der Waals surface area contributed by atoms with Crippen LogP contribution in [0, 0.1) is 24.7 Å². The van der Waals surface area contributed by atoms with Crippen LogP contribution in [-0.4, -0.2) is 18.1 Å². The maximum absolute atomic E-state index is 13.2. The van der Waals surface area contributed by atoms with Crippen LogP contribution in [0.25, 0.3) is 0 Å². The highest BCUT2D eigenvalue weighted by Crippen LogP contribution is 2.52. The Morgan fingerprint density at radius 2 is 1.84 bits per heavy atom. The summed E-state index contributed by atoms with van der Waals surface area (Å²) >= 11 is 1.83. The van der Waals surface area contributed by atoms with Crippen molar-refractivity contribution in [2.45, 2.75) is 23.5 Å². The van der Waals surface area contributed by atoms with Crippen molar-refractivity contribution in [2.24, 2.45) is 17.8 Å². The minimum absolute atomic E-state index is 0.0638. The van der Waals surface area contributed by atoms with E-state index in [1.54, 1.807) is 7.11 Å². The monoisotopic (exact) mass is 350 g/mol. The number of fused-ring (bicyclic) bond motifs is 2. The van der Waals surface area contributed by atoms with Crippen molar-refractivity contribution in [2.75, 3.05) is 7.11 Å². The van der Waals surface area contributed by atoms with Crippen LogP contribution in [0.15, 0.2) is 65.6 Å². The van der Waals surface area contributed by atoms with Gasteiger partial charge in [-0.05, 0) is 43.4 Å². The molecule has 0 aliphatic heterocycles. The van der Waals surface area contributed by atoms with Gasteiger partial charge < -0.3 is 4.74 Å². The first-order chi connectivity index (χ1) is 12.2. The molecule has 0 radical (unpaired) electrons. The van der Waals surface area contributed by atoms with Gasteiger partial charge in [0.15, 0.2) is 5.78 Å². The summed E-state index contributed by atoms with van der Waals surface area (Å²) in [6.07, 6.45) is 5.66. The van der Waals surface area contributed by atoms with Gasteiger partial charge in [-0.1, -0.05) is 48.0 Å². The first kappa shape index (κ1) is 16.5. The second kappa shape index (κ2) is 6.72.